The fraction of sp³-hybridized carbons (Fsp3) is 0.0588. The van der Waals surface area contributed by atoms with E-state index >= 15 is 0 Å². The molecule has 116 valence electrons. The lowest BCUT2D eigenvalue weighted by Crippen LogP contribution is -2.02. The van der Waals surface area contributed by atoms with Crippen LogP contribution in [0.2, 0.25) is 0 Å². The normalized spacial score (nSPS) is 10.9. The van der Waals surface area contributed by atoms with Gasteiger partial charge in [0.05, 0.1) is 11.3 Å². The van der Waals surface area contributed by atoms with Gasteiger partial charge >= 0.3 is 5.97 Å². The second-order valence-corrected chi connectivity index (χ2v) is 5.75. The van der Waals surface area contributed by atoms with Crippen molar-refractivity contribution in [2.45, 2.75) is 4.90 Å². The minimum absolute atomic E-state index is 0.0560. The van der Waals surface area contributed by atoms with Crippen LogP contribution in [-0.4, -0.2) is 22.3 Å². The predicted molar refractivity (Wildman–Crippen MR) is 85.8 cm³/mol. The van der Waals surface area contributed by atoms with Crippen molar-refractivity contribution in [3.05, 3.63) is 59.7 Å². The first-order chi connectivity index (χ1) is 11.0. The molecule has 0 atom stereocenters. The van der Waals surface area contributed by atoms with Crippen molar-refractivity contribution in [1.29, 1.82) is 0 Å². The highest BCUT2D eigenvalue weighted by Gasteiger charge is 2.16. The molecule has 0 spiro atoms. The van der Waals surface area contributed by atoms with Crippen LogP contribution in [0.1, 0.15) is 10.4 Å². The van der Waals surface area contributed by atoms with Crippen LogP contribution in [0, 0.1) is 11.6 Å². The molecule has 1 N–H and O–H groups in total. The number of carboxylic acid groups (broad SMARTS) is 1. The zero-order valence-electron chi connectivity index (χ0n) is 12.0. The first kappa shape index (κ1) is 15.4. The standard InChI is InChI=1S/C17H11F2NO2S/c1-23-11-4-2-9(3-5-11)15-8-13(17(21)22)12-6-10(18)7-14(19)16(12)20-15/h2-8H,1H3,(H,21,22). The topological polar surface area (TPSA) is 50.2 Å². The summed E-state index contributed by atoms with van der Waals surface area (Å²) in [5.74, 6) is -2.98. The van der Waals surface area contributed by atoms with E-state index in [2.05, 4.69) is 4.98 Å². The molecule has 0 amide bonds. The van der Waals surface area contributed by atoms with Gasteiger partial charge in [0.15, 0.2) is 5.82 Å². The number of aromatic carboxylic acids is 1. The SMILES string of the molecule is CSc1ccc(-c2cc(C(=O)O)c3cc(F)cc(F)c3n2)cc1. The first-order valence-electron chi connectivity index (χ1n) is 6.67. The van der Waals surface area contributed by atoms with Crippen molar-refractivity contribution in [1.82, 2.24) is 4.98 Å². The Morgan fingerprint density at radius 1 is 1.13 bits per heavy atom. The van der Waals surface area contributed by atoms with Gasteiger partial charge in [0.2, 0.25) is 0 Å². The van der Waals surface area contributed by atoms with E-state index in [4.69, 9.17) is 0 Å². The number of aromatic nitrogens is 1. The largest absolute Gasteiger partial charge is 0.478 e. The Kier molecular flexibility index (Phi) is 4.00. The molecular weight excluding hydrogens is 320 g/mol. The van der Waals surface area contributed by atoms with Crippen LogP contribution in [0.5, 0.6) is 0 Å². The van der Waals surface area contributed by atoms with Gasteiger partial charge in [-0.1, -0.05) is 12.1 Å². The summed E-state index contributed by atoms with van der Waals surface area (Å²) in [7, 11) is 0. The fourth-order valence-electron chi connectivity index (χ4n) is 2.34. The lowest BCUT2D eigenvalue weighted by atomic mass is 10.0. The Hall–Kier alpha value is -2.47. The van der Waals surface area contributed by atoms with Gasteiger partial charge in [-0.05, 0) is 30.5 Å². The minimum atomic E-state index is -1.26. The Labute approximate surface area is 135 Å². The van der Waals surface area contributed by atoms with Crippen molar-refractivity contribution in [3.63, 3.8) is 0 Å². The number of pyridine rings is 1. The number of hydrogen-bond donors (Lipinski definition) is 1. The number of carboxylic acids is 1. The third-order valence-corrected chi connectivity index (χ3v) is 4.19. The summed E-state index contributed by atoms with van der Waals surface area (Å²) >= 11 is 1.57. The van der Waals surface area contributed by atoms with E-state index in [-0.39, 0.29) is 16.5 Å². The molecule has 0 saturated heterocycles. The molecule has 3 rings (SSSR count). The van der Waals surface area contributed by atoms with Gasteiger partial charge in [-0.25, -0.2) is 18.6 Å². The minimum Gasteiger partial charge on any atom is -0.478 e. The van der Waals surface area contributed by atoms with Crippen LogP contribution in [0.3, 0.4) is 0 Å². The van der Waals surface area contributed by atoms with Crippen LogP contribution in [0.4, 0.5) is 8.78 Å². The lowest BCUT2D eigenvalue weighted by Gasteiger charge is -2.08. The third-order valence-electron chi connectivity index (χ3n) is 3.45. The third kappa shape index (κ3) is 2.90. The van der Waals surface area contributed by atoms with E-state index in [0.29, 0.717) is 17.3 Å². The van der Waals surface area contributed by atoms with Crippen LogP contribution >= 0.6 is 11.8 Å². The Morgan fingerprint density at radius 3 is 2.43 bits per heavy atom. The van der Waals surface area contributed by atoms with Gasteiger partial charge in [0.1, 0.15) is 11.3 Å². The molecule has 2 aromatic carbocycles. The highest BCUT2D eigenvalue weighted by Crippen LogP contribution is 2.28. The molecule has 6 heteroatoms. The van der Waals surface area contributed by atoms with Gasteiger partial charge in [-0.2, -0.15) is 0 Å². The van der Waals surface area contributed by atoms with E-state index in [1.165, 1.54) is 6.07 Å². The summed E-state index contributed by atoms with van der Waals surface area (Å²) in [6, 6.07) is 10.3. The molecule has 0 aliphatic carbocycles. The zero-order valence-corrected chi connectivity index (χ0v) is 12.8. The molecule has 1 aromatic heterocycles. The van der Waals surface area contributed by atoms with Crippen LogP contribution in [0.25, 0.3) is 22.2 Å². The molecule has 0 aliphatic rings. The average molecular weight is 331 g/mol. The summed E-state index contributed by atoms with van der Waals surface area (Å²) < 4.78 is 27.4. The van der Waals surface area contributed by atoms with Crippen LogP contribution < -0.4 is 0 Å². The number of carbonyl (C=O) groups is 1. The van der Waals surface area contributed by atoms with Crippen molar-refractivity contribution >= 4 is 28.6 Å². The number of fused-ring (bicyclic) bond motifs is 1. The molecule has 0 aliphatic heterocycles. The molecule has 3 aromatic rings. The molecular formula is C17H11F2NO2S. The number of nitrogens with zero attached hydrogens (tertiary/aromatic N) is 1. The van der Waals surface area contributed by atoms with Gasteiger partial charge < -0.3 is 5.11 Å². The maximum atomic E-state index is 14.0. The van der Waals surface area contributed by atoms with Crippen LogP contribution in [0.15, 0.2) is 47.4 Å². The van der Waals surface area contributed by atoms with Crippen molar-refractivity contribution < 1.29 is 18.7 Å². The quantitative estimate of drug-likeness (QED) is 0.713. The Balaban J connectivity index is 2.27. The molecule has 0 unspecified atom stereocenters. The number of hydrogen-bond acceptors (Lipinski definition) is 3. The fourth-order valence-corrected chi connectivity index (χ4v) is 2.75. The van der Waals surface area contributed by atoms with E-state index in [0.717, 1.165) is 11.0 Å². The highest BCUT2D eigenvalue weighted by molar-refractivity contribution is 7.98. The van der Waals surface area contributed by atoms with Gasteiger partial charge in [0.25, 0.3) is 0 Å². The summed E-state index contributed by atoms with van der Waals surface area (Å²) in [6.45, 7) is 0. The number of rotatable bonds is 3. The summed E-state index contributed by atoms with van der Waals surface area (Å²) in [6.07, 6.45) is 1.94. The van der Waals surface area contributed by atoms with E-state index in [1.54, 1.807) is 23.9 Å². The summed E-state index contributed by atoms with van der Waals surface area (Å²) in [4.78, 5) is 16.7. The maximum Gasteiger partial charge on any atom is 0.336 e. The van der Waals surface area contributed by atoms with Gasteiger partial charge in [-0.3, -0.25) is 0 Å². The van der Waals surface area contributed by atoms with Gasteiger partial charge in [-0.15, -0.1) is 11.8 Å². The Morgan fingerprint density at radius 2 is 1.83 bits per heavy atom. The number of benzene rings is 2. The molecule has 23 heavy (non-hydrogen) atoms. The summed E-state index contributed by atoms with van der Waals surface area (Å²) in [5, 5.41) is 9.29. The molecule has 0 saturated carbocycles. The van der Waals surface area contributed by atoms with Crippen LogP contribution in [-0.2, 0) is 0 Å². The van der Waals surface area contributed by atoms with Gasteiger partial charge in [0, 0.05) is 21.9 Å². The maximum absolute atomic E-state index is 14.0. The molecule has 0 radical (unpaired) electrons. The van der Waals surface area contributed by atoms with E-state index in [1.807, 2.05) is 18.4 Å². The Bertz CT molecular complexity index is 911. The summed E-state index contributed by atoms with van der Waals surface area (Å²) in [5.41, 5.74) is 0.650. The highest BCUT2D eigenvalue weighted by atomic mass is 32.2. The zero-order chi connectivity index (χ0) is 16.6. The second kappa shape index (κ2) is 5.96. The van der Waals surface area contributed by atoms with Crippen molar-refractivity contribution in [2.24, 2.45) is 0 Å². The molecule has 0 fully saturated rings. The molecule has 0 bridgehead atoms. The smallest absolute Gasteiger partial charge is 0.336 e. The number of halogens is 2. The molecule has 3 nitrogen and oxygen atoms in total. The van der Waals surface area contributed by atoms with Crippen molar-refractivity contribution in [3.8, 4) is 11.3 Å². The monoisotopic (exact) mass is 331 g/mol. The average Bonchev–Trinajstić information content (AvgIpc) is 2.54. The predicted octanol–water partition coefficient (Wildman–Crippen LogP) is 4.60. The van der Waals surface area contributed by atoms with E-state index in [9.17, 15) is 18.7 Å². The second-order valence-electron chi connectivity index (χ2n) is 4.87. The number of thioether (sulfide) groups is 1. The van der Waals surface area contributed by atoms with E-state index < -0.39 is 17.6 Å². The lowest BCUT2D eigenvalue weighted by molar-refractivity contribution is 0.0699. The molecule has 1 heterocycles. The van der Waals surface area contributed by atoms with Crippen molar-refractivity contribution in [2.75, 3.05) is 6.26 Å². The first-order valence-corrected chi connectivity index (χ1v) is 7.89.